The van der Waals surface area contributed by atoms with Crippen molar-refractivity contribution in [3.05, 3.63) is 34.9 Å². The molecule has 21 heavy (non-hydrogen) atoms. The Balaban J connectivity index is 2.09. The third kappa shape index (κ3) is 4.04. The summed E-state index contributed by atoms with van der Waals surface area (Å²) in [5, 5.41) is 0. The third-order valence-corrected chi connectivity index (χ3v) is 3.83. The molecule has 1 heterocycles. The van der Waals surface area contributed by atoms with Crippen molar-refractivity contribution in [1.82, 2.24) is 9.80 Å². The number of nitrogens with zero attached hydrogens (tertiary/aromatic N) is 2. The number of rotatable bonds is 3. The second-order valence-corrected chi connectivity index (χ2v) is 5.53. The summed E-state index contributed by atoms with van der Waals surface area (Å²) in [6.45, 7) is 4.84. The number of ketones is 1. The third-order valence-electron chi connectivity index (χ3n) is 3.83. The second-order valence-electron chi connectivity index (χ2n) is 5.53. The van der Waals surface area contributed by atoms with E-state index < -0.39 is 11.7 Å². The molecule has 0 radical (unpaired) electrons. The van der Waals surface area contributed by atoms with Crippen LogP contribution in [0.3, 0.4) is 0 Å². The molecule has 0 atom stereocenters. The minimum Gasteiger partial charge on any atom is -0.304 e. The quantitative estimate of drug-likeness (QED) is 0.801. The normalized spacial score (nSPS) is 18.0. The second kappa shape index (κ2) is 6.15. The Kier molecular flexibility index (Phi) is 4.68. The molecule has 1 aromatic carbocycles. The van der Waals surface area contributed by atoms with Gasteiger partial charge in [0.2, 0.25) is 0 Å². The summed E-state index contributed by atoms with van der Waals surface area (Å²) in [5.41, 5.74) is -0.461. The van der Waals surface area contributed by atoms with Crippen LogP contribution in [0.5, 0.6) is 0 Å². The fourth-order valence-electron chi connectivity index (χ4n) is 2.40. The Morgan fingerprint density at radius 2 is 1.81 bits per heavy atom. The minimum absolute atomic E-state index is 0.131. The van der Waals surface area contributed by atoms with E-state index in [1.54, 1.807) is 0 Å². The van der Waals surface area contributed by atoms with Gasteiger partial charge in [-0.25, -0.2) is 0 Å². The molecule has 1 aliphatic rings. The van der Waals surface area contributed by atoms with Gasteiger partial charge in [0.1, 0.15) is 0 Å². The maximum atomic E-state index is 12.9. The highest BCUT2D eigenvalue weighted by Crippen LogP contribution is 2.32. The van der Waals surface area contributed by atoms with E-state index in [1.807, 2.05) is 11.9 Å². The fourth-order valence-corrected chi connectivity index (χ4v) is 2.40. The summed E-state index contributed by atoms with van der Waals surface area (Å²) < 4.78 is 38.6. The van der Waals surface area contributed by atoms with Gasteiger partial charge >= 0.3 is 6.18 Å². The first kappa shape index (κ1) is 16.0. The molecule has 3 nitrogen and oxygen atoms in total. The highest BCUT2D eigenvalue weighted by Gasteiger charge is 2.33. The zero-order chi connectivity index (χ0) is 15.6. The first-order chi connectivity index (χ1) is 9.77. The molecular weight excluding hydrogens is 281 g/mol. The van der Waals surface area contributed by atoms with Crippen molar-refractivity contribution in [1.29, 1.82) is 0 Å². The van der Waals surface area contributed by atoms with Gasteiger partial charge in [-0.2, -0.15) is 13.2 Å². The van der Waals surface area contributed by atoms with Crippen molar-refractivity contribution in [2.75, 3.05) is 39.8 Å². The predicted molar refractivity (Wildman–Crippen MR) is 74.4 cm³/mol. The van der Waals surface area contributed by atoms with E-state index in [0.29, 0.717) is 0 Å². The monoisotopic (exact) mass is 300 g/mol. The lowest BCUT2D eigenvalue weighted by atomic mass is 10.0. The molecule has 2 rings (SSSR count). The number of benzene rings is 1. The highest BCUT2D eigenvalue weighted by atomic mass is 19.4. The molecule has 0 saturated carbocycles. The molecule has 1 fully saturated rings. The lowest BCUT2D eigenvalue weighted by Crippen LogP contribution is -2.46. The maximum Gasteiger partial charge on any atom is 0.416 e. The van der Waals surface area contributed by atoms with Crippen LogP contribution in [0.15, 0.2) is 18.2 Å². The zero-order valence-electron chi connectivity index (χ0n) is 12.2. The summed E-state index contributed by atoms with van der Waals surface area (Å²) in [6.07, 6.45) is -4.42. The van der Waals surface area contributed by atoms with Gasteiger partial charge in [0.25, 0.3) is 0 Å². The van der Waals surface area contributed by atoms with E-state index in [4.69, 9.17) is 0 Å². The molecule has 116 valence electrons. The van der Waals surface area contributed by atoms with Crippen molar-refractivity contribution in [3.63, 3.8) is 0 Å². The Morgan fingerprint density at radius 3 is 2.38 bits per heavy atom. The number of piperazine rings is 1. The first-order valence-corrected chi connectivity index (χ1v) is 6.89. The van der Waals surface area contributed by atoms with E-state index in [1.165, 1.54) is 19.1 Å². The average molecular weight is 300 g/mol. The SMILES string of the molecule is Cc1ccc(C(=O)CN2CCN(C)CC2)cc1C(F)(F)F. The van der Waals surface area contributed by atoms with Crippen molar-refractivity contribution in [3.8, 4) is 0 Å². The molecule has 1 aromatic rings. The van der Waals surface area contributed by atoms with Crippen molar-refractivity contribution in [2.24, 2.45) is 0 Å². The molecular formula is C15H19F3N2O. The summed E-state index contributed by atoms with van der Waals surface area (Å²) in [4.78, 5) is 16.3. The van der Waals surface area contributed by atoms with E-state index in [-0.39, 0.29) is 23.5 Å². The van der Waals surface area contributed by atoms with E-state index in [2.05, 4.69) is 4.90 Å². The molecule has 0 amide bonds. The van der Waals surface area contributed by atoms with Crippen molar-refractivity contribution in [2.45, 2.75) is 13.1 Å². The van der Waals surface area contributed by atoms with Crippen molar-refractivity contribution < 1.29 is 18.0 Å². The van der Waals surface area contributed by atoms with Crippen LogP contribution < -0.4 is 0 Å². The zero-order valence-corrected chi connectivity index (χ0v) is 12.2. The fraction of sp³-hybridized carbons (Fsp3) is 0.533. The number of carbonyl (C=O) groups excluding carboxylic acids is 1. The molecule has 0 spiro atoms. The van der Waals surface area contributed by atoms with Crippen molar-refractivity contribution >= 4 is 5.78 Å². The lowest BCUT2D eigenvalue weighted by molar-refractivity contribution is -0.138. The average Bonchev–Trinajstić information content (AvgIpc) is 2.40. The van der Waals surface area contributed by atoms with Crippen LogP contribution in [0.25, 0.3) is 0 Å². The van der Waals surface area contributed by atoms with Crippen LogP contribution in [-0.4, -0.2) is 55.4 Å². The molecule has 0 N–H and O–H groups in total. The van der Waals surface area contributed by atoms with Gasteiger partial charge in [0.15, 0.2) is 5.78 Å². The molecule has 0 unspecified atom stereocenters. The van der Waals surface area contributed by atoms with Crippen LogP contribution in [0, 0.1) is 6.92 Å². The topological polar surface area (TPSA) is 23.6 Å². The summed E-state index contributed by atoms with van der Waals surface area (Å²) in [5.74, 6) is -0.259. The van der Waals surface area contributed by atoms with Crippen LogP contribution in [-0.2, 0) is 6.18 Å². The van der Waals surface area contributed by atoms with Gasteiger partial charge in [-0.05, 0) is 25.6 Å². The molecule has 1 aliphatic heterocycles. The van der Waals surface area contributed by atoms with Gasteiger partial charge < -0.3 is 4.90 Å². The highest BCUT2D eigenvalue weighted by molar-refractivity contribution is 5.97. The number of aryl methyl sites for hydroxylation is 1. The van der Waals surface area contributed by atoms with E-state index in [9.17, 15) is 18.0 Å². The predicted octanol–water partition coefficient (Wildman–Crippen LogP) is 2.44. The minimum atomic E-state index is -4.42. The van der Waals surface area contributed by atoms with Crippen LogP contribution >= 0.6 is 0 Å². The summed E-state index contributed by atoms with van der Waals surface area (Å²) >= 11 is 0. The Labute approximate surface area is 122 Å². The molecule has 1 saturated heterocycles. The first-order valence-electron chi connectivity index (χ1n) is 6.89. The van der Waals surface area contributed by atoms with Gasteiger partial charge in [-0.15, -0.1) is 0 Å². The maximum absolute atomic E-state index is 12.9. The number of likely N-dealkylation sites (N-methyl/N-ethyl adjacent to an activating group) is 1. The van der Waals surface area contributed by atoms with Crippen LogP contribution in [0.4, 0.5) is 13.2 Å². The molecule has 6 heteroatoms. The standard InChI is InChI=1S/C15H19F3N2O/c1-11-3-4-12(9-13(11)15(16,17)18)14(21)10-20-7-5-19(2)6-8-20/h3-4,9H,5-8,10H2,1-2H3. The number of Topliss-reactive ketones (excluding diaryl/α,β-unsaturated/α-hetero) is 1. The van der Waals surface area contributed by atoms with Gasteiger partial charge in [0.05, 0.1) is 12.1 Å². The number of halogens is 3. The Hall–Kier alpha value is -1.40. The summed E-state index contributed by atoms with van der Waals surface area (Å²) in [7, 11) is 2.01. The van der Waals surface area contributed by atoms with Gasteiger partial charge in [-0.1, -0.05) is 12.1 Å². The number of hydrogen-bond acceptors (Lipinski definition) is 3. The number of hydrogen-bond donors (Lipinski definition) is 0. The lowest BCUT2D eigenvalue weighted by Gasteiger charge is -2.31. The largest absolute Gasteiger partial charge is 0.416 e. The van der Waals surface area contributed by atoms with E-state index in [0.717, 1.165) is 32.2 Å². The Bertz CT molecular complexity index is 520. The smallest absolute Gasteiger partial charge is 0.304 e. The number of carbonyl (C=O) groups is 1. The summed E-state index contributed by atoms with van der Waals surface area (Å²) in [6, 6.07) is 3.80. The number of alkyl halides is 3. The Morgan fingerprint density at radius 1 is 1.19 bits per heavy atom. The van der Waals surface area contributed by atoms with Gasteiger partial charge in [0, 0.05) is 31.7 Å². The van der Waals surface area contributed by atoms with Crippen LogP contribution in [0.1, 0.15) is 21.5 Å². The molecule has 0 bridgehead atoms. The molecule has 0 aromatic heterocycles. The molecule has 0 aliphatic carbocycles. The van der Waals surface area contributed by atoms with E-state index >= 15 is 0 Å². The van der Waals surface area contributed by atoms with Gasteiger partial charge in [-0.3, -0.25) is 9.69 Å². The van der Waals surface area contributed by atoms with Crippen LogP contribution in [0.2, 0.25) is 0 Å².